The Balaban J connectivity index is 2.11. The van der Waals surface area contributed by atoms with Gasteiger partial charge >= 0.3 is 0 Å². The maximum absolute atomic E-state index is 10.9. The van der Waals surface area contributed by atoms with E-state index in [9.17, 15) is 5.11 Å². The quantitative estimate of drug-likeness (QED) is 0.857. The second-order valence-electron chi connectivity index (χ2n) is 6.16. The van der Waals surface area contributed by atoms with E-state index >= 15 is 0 Å². The highest BCUT2D eigenvalue weighted by molar-refractivity contribution is 5.23. The molecule has 1 heterocycles. The number of β-amino-alcohol motifs (C(OH)–C–C–N with tert-alkyl or cyclic N) is 1. The van der Waals surface area contributed by atoms with Crippen molar-refractivity contribution in [3.05, 3.63) is 35.9 Å². The standard InChI is InChI=1S/C16H27N3O/c1-13-9-19(10-14(2)18(13)3)12-16(20,11-17)15-7-5-4-6-8-15/h4-8,13-14,20H,9-12,17H2,1-3H3. The van der Waals surface area contributed by atoms with Crippen LogP contribution in [0.2, 0.25) is 0 Å². The number of aliphatic hydroxyl groups is 1. The zero-order valence-electron chi connectivity index (χ0n) is 12.8. The molecule has 2 rings (SSSR count). The van der Waals surface area contributed by atoms with Crippen molar-refractivity contribution in [2.24, 2.45) is 5.73 Å². The van der Waals surface area contributed by atoms with Crippen LogP contribution >= 0.6 is 0 Å². The second-order valence-corrected chi connectivity index (χ2v) is 6.16. The van der Waals surface area contributed by atoms with Crippen molar-refractivity contribution in [2.45, 2.75) is 31.5 Å². The van der Waals surface area contributed by atoms with Gasteiger partial charge < -0.3 is 10.8 Å². The molecule has 1 aromatic carbocycles. The molecule has 0 aliphatic carbocycles. The van der Waals surface area contributed by atoms with Gasteiger partial charge in [0.2, 0.25) is 0 Å². The number of nitrogens with two attached hydrogens (primary N) is 1. The Morgan fingerprint density at radius 2 is 1.75 bits per heavy atom. The third kappa shape index (κ3) is 3.20. The molecule has 1 aliphatic rings. The Kier molecular flexibility index (Phi) is 4.81. The number of piperazine rings is 1. The van der Waals surface area contributed by atoms with Gasteiger partial charge in [-0.25, -0.2) is 0 Å². The van der Waals surface area contributed by atoms with Crippen molar-refractivity contribution in [1.82, 2.24) is 9.80 Å². The smallest absolute Gasteiger partial charge is 0.114 e. The molecule has 3 unspecified atom stereocenters. The molecule has 3 N–H and O–H groups in total. The summed E-state index contributed by atoms with van der Waals surface area (Å²) in [6.45, 7) is 7.23. The summed E-state index contributed by atoms with van der Waals surface area (Å²) in [5.74, 6) is 0. The minimum atomic E-state index is -0.962. The van der Waals surface area contributed by atoms with E-state index in [0.717, 1.165) is 18.7 Å². The van der Waals surface area contributed by atoms with Crippen LogP contribution in [0.25, 0.3) is 0 Å². The Bertz CT molecular complexity index is 413. The summed E-state index contributed by atoms with van der Waals surface area (Å²) in [5.41, 5.74) is 5.81. The third-order valence-corrected chi connectivity index (χ3v) is 4.57. The zero-order valence-corrected chi connectivity index (χ0v) is 12.8. The van der Waals surface area contributed by atoms with Crippen LogP contribution in [0.15, 0.2) is 30.3 Å². The lowest BCUT2D eigenvalue weighted by Gasteiger charge is -2.45. The summed E-state index contributed by atoms with van der Waals surface area (Å²) in [5, 5.41) is 10.9. The van der Waals surface area contributed by atoms with Crippen molar-refractivity contribution in [3.63, 3.8) is 0 Å². The molecule has 0 spiro atoms. The Labute approximate surface area is 122 Å². The number of nitrogens with zero attached hydrogens (tertiary/aromatic N) is 2. The lowest BCUT2D eigenvalue weighted by atomic mass is 9.92. The maximum Gasteiger partial charge on any atom is 0.114 e. The molecule has 0 amide bonds. The minimum Gasteiger partial charge on any atom is -0.382 e. The van der Waals surface area contributed by atoms with Gasteiger partial charge in [0.1, 0.15) is 5.60 Å². The number of rotatable bonds is 4. The van der Waals surface area contributed by atoms with Crippen LogP contribution in [0.1, 0.15) is 19.4 Å². The SMILES string of the molecule is CC1CN(CC(O)(CN)c2ccccc2)CC(C)N1C. The first-order valence-electron chi connectivity index (χ1n) is 7.38. The molecular weight excluding hydrogens is 250 g/mol. The molecule has 1 saturated heterocycles. The summed E-state index contributed by atoms with van der Waals surface area (Å²) in [7, 11) is 2.17. The second kappa shape index (κ2) is 6.22. The summed E-state index contributed by atoms with van der Waals surface area (Å²) >= 11 is 0. The highest BCUT2D eigenvalue weighted by atomic mass is 16.3. The Hall–Kier alpha value is -0.940. The molecular formula is C16H27N3O. The summed E-state index contributed by atoms with van der Waals surface area (Å²) in [6, 6.07) is 10.8. The van der Waals surface area contributed by atoms with Crippen molar-refractivity contribution in [1.29, 1.82) is 0 Å². The van der Waals surface area contributed by atoms with Gasteiger partial charge in [-0.2, -0.15) is 0 Å². The molecule has 0 radical (unpaired) electrons. The number of benzene rings is 1. The lowest BCUT2D eigenvalue weighted by molar-refractivity contribution is -0.0258. The van der Waals surface area contributed by atoms with Crippen LogP contribution in [0.5, 0.6) is 0 Å². The van der Waals surface area contributed by atoms with Crippen LogP contribution in [0, 0.1) is 0 Å². The highest BCUT2D eigenvalue weighted by Gasteiger charge is 2.34. The van der Waals surface area contributed by atoms with E-state index in [2.05, 4.69) is 30.7 Å². The van der Waals surface area contributed by atoms with Crippen LogP contribution < -0.4 is 5.73 Å². The first-order chi connectivity index (χ1) is 9.46. The predicted octanol–water partition coefficient (Wildman–Crippen LogP) is 0.857. The van der Waals surface area contributed by atoms with E-state index in [1.54, 1.807) is 0 Å². The average Bonchev–Trinajstić information content (AvgIpc) is 2.45. The molecule has 112 valence electrons. The largest absolute Gasteiger partial charge is 0.382 e. The topological polar surface area (TPSA) is 52.7 Å². The van der Waals surface area contributed by atoms with E-state index in [1.807, 2.05) is 30.3 Å². The lowest BCUT2D eigenvalue weighted by Crippen LogP contribution is -2.58. The average molecular weight is 277 g/mol. The van der Waals surface area contributed by atoms with Crippen molar-refractivity contribution in [3.8, 4) is 0 Å². The summed E-state index contributed by atoms with van der Waals surface area (Å²) in [6.07, 6.45) is 0. The zero-order chi connectivity index (χ0) is 14.8. The van der Waals surface area contributed by atoms with Gasteiger partial charge in [-0.05, 0) is 26.5 Å². The summed E-state index contributed by atoms with van der Waals surface area (Å²) in [4.78, 5) is 4.72. The van der Waals surface area contributed by atoms with Gasteiger partial charge in [0.05, 0.1) is 0 Å². The number of hydrogen-bond donors (Lipinski definition) is 2. The van der Waals surface area contributed by atoms with Gasteiger partial charge in [0.15, 0.2) is 0 Å². The van der Waals surface area contributed by atoms with Gasteiger partial charge in [0, 0.05) is 38.3 Å². The summed E-state index contributed by atoms with van der Waals surface area (Å²) < 4.78 is 0. The molecule has 4 nitrogen and oxygen atoms in total. The molecule has 20 heavy (non-hydrogen) atoms. The van der Waals surface area contributed by atoms with Gasteiger partial charge in [0.25, 0.3) is 0 Å². The molecule has 1 aliphatic heterocycles. The molecule has 4 heteroatoms. The fourth-order valence-corrected chi connectivity index (χ4v) is 3.03. The van der Waals surface area contributed by atoms with E-state index in [4.69, 9.17) is 5.73 Å². The Morgan fingerprint density at radius 3 is 2.25 bits per heavy atom. The predicted molar refractivity (Wildman–Crippen MR) is 82.5 cm³/mol. The molecule has 3 atom stereocenters. The van der Waals surface area contributed by atoms with E-state index in [1.165, 1.54) is 0 Å². The normalized spacial score (nSPS) is 28.2. The first kappa shape index (κ1) is 15.4. The van der Waals surface area contributed by atoms with E-state index < -0.39 is 5.60 Å². The fourth-order valence-electron chi connectivity index (χ4n) is 3.03. The monoisotopic (exact) mass is 277 g/mol. The van der Waals surface area contributed by atoms with Crippen molar-refractivity contribution in [2.75, 3.05) is 33.2 Å². The third-order valence-electron chi connectivity index (χ3n) is 4.57. The van der Waals surface area contributed by atoms with Crippen molar-refractivity contribution >= 4 is 0 Å². The molecule has 1 aromatic rings. The fraction of sp³-hybridized carbons (Fsp3) is 0.625. The Morgan fingerprint density at radius 1 is 1.20 bits per heavy atom. The minimum absolute atomic E-state index is 0.242. The van der Waals surface area contributed by atoms with Gasteiger partial charge in [-0.1, -0.05) is 30.3 Å². The van der Waals surface area contributed by atoms with Crippen LogP contribution in [-0.4, -0.2) is 60.2 Å². The van der Waals surface area contributed by atoms with Gasteiger partial charge in [-0.3, -0.25) is 9.80 Å². The van der Waals surface area contributed by atoms with E-state index in [-0.39, 0.29) is 6.54 Å². The molecule has 1 fully saturated rings. The maximum atomic E-state index is 10.9. The van der Waals surface area contributed by atoms with Crippen LogP contribution in [0.4, 0.5) is 0 Å². The highest BCUT2D eigenvalue weighted by Crippen LogP contribution is 2.23. The number of likely N-dealkylation sites (N-methyl/N-ethyl adjacent to an activating group) is 1. The van der Waals surface area contributed by atoms with Crippen molar-refractivity contribution < 1.29 is 5.11 Å². The molecule has 0 aromatic heterocycles. The number of hydrogen-bond acceptors (Lipinski definition) is 4. The van der Waals surface area contributed by atoms with Crippen LogP contribution in [-0.2, 0) is 5.60 Å². The van der Waals surface area contributed by atoms with Crippen LogP contribution in [0.3, 0.4) is 0 Å². The van der Waals surface area contributed by atoms with E-state index in [0.29, 0.717) is 18.6 Å². The van der Waals surface area contributed by atoms with Gasteiger partial charge in [-0.15, -0.1) is 0 Å². The molecule has 0 saturated carbocycles. The first-order valence-corrected chi connectivity index (χ1v) is 7.38. The molecule has 0 bridgehead atoms.